The summed E-state index contributed by atoms with van der Waals surface area (Å²) in [6, 6.07) is 5.21. The van der Waals surface area contributed by atoms with E-state index in [0.717, 1.165) is 11.3 Å². The number of carbonyl (C=O) groups excluding carboxylic acids is 2. The summed E-state index contributed by atoms with van der Waals surface area (Å²) in [7, 11) is -3.22. The van der Waals surface area contributed by atoms with E-state index in [1.54, 1.807) is 30.0 Å². The van der Waals surface area contributed by atoms with E-state index in [2.05, 4.69) is 5.32 Å². The van der Waals surface area contributed by atoms with Gasteiger partial charge in [-0.05, 0) is 37.1 Å². The van der Waals surface area contributed by atoms with Gasteiger partial charge in [0, 0.05) is 37.4 Å². The van der Waals surface area contributed by atoms with E-state index >= 15 is 0 Å². The van der Waals surface area contributed by atoms with Crippen LogP contribution < -0.4 is 5.32 Å². The number of carbonyl (C=O) groups is 2. The van der Waals surface area contributed by atoms with Gasteiger partial charge in [-0.25, -0.2) is 12.7 Å². The molecule has 1 aromatic carbocycles. The molecule has 0 aromatic heterocycles. The smallest absolute Gasteiger partial charge is 0.253 e. The Morgan fingerprint density at radius 3 is 2.75 bits per heavy atom. The van der Waals surface area contributed by atoms with Gasteiger partial charge in [-0.15, -0.1) is 0 Å². The van der Waals surface area contributed by atoms with Crippen LogP contribution in [0.4, 0.5) is 5.69 Å². The summed E-state index contributed by atoms with van der Waals surface area (Å²) in [5, 5.41) is 2.74. The van der Waals surface area contributed by atoms with Crippen molar-refractivity contribution in [2.24, 2.45) is 0 Å². The summed E-state index contributed by atoms with van der Waals surface area (Å²) in [5.74, 6) is -0.107. The molecule has 8 heteroatoms. The Balaban J connectivity index is 1.72. The number of anilines is 1. The molecule has 0 radical (unpaired) electrons. The summed E-state index contributed by atoms with van der Waals surface area (Å²) in [6.07, 6.45) is 0.912. The monoisotopic (exact) mass is 351 g/mol. The number of nitrogens with one attached hydrogen (secondary N) is 1. The number of nitrogens with zero attached hydrogens (tertiary/aromatic N) is 2. The first-order valence-electron chi connectivity index (χ1n) is 8.10. The molecule has 1 aromatic rings. The van der Waals surface area contributed by atoms with Crippen LogP contribution in [0.5, 0.6) is 0 Å². The Labute approximate surface area is 141 Å². The molecule has 0 bridgehead atoms. The molecule has 0 spiro atoms. The van der Waals surface area contributed by atoms with Crippen LogP contribution in [0.3, 0.4) is 0 Å². The normalized spacial score (nSPS) is 18.9. The van der Waals surface area contributed by atoms with Crippen molar-refractivity contribution >= 4 is 27.5 Å². The van der Waals surface area contributed by atoms with E-state index in [-0.39, 0.29) is 17.6 Å². The van der Waals surface area contributed by atoms with Gasteiger partial charge in [-0.3, -0.25) is 9.59 Å². The maximum Gasteiger partial charge on any atom is 0.253 e. The maximum absolute atomic E-state index is 12.7. The Morgan fingerprint density at radius 2 is 2.00 bits per heavy atom. The summed E-state index contributed by atoms with van der Waals surface area (Å²) < 4.78 is 25.5. The summed E-state index contributed by atoms with van der Waals surface area (Å²) in [4.78, 5) is 25.8. The van der Waals surface area contributed by atoms with Crippen molar-refractivity contribution in [1.29, 1.82) is 0 Å². The van der Waals surface area contributed by atoms with Gasteiger partial charge in [-0.1, -0.05) is 0 Å². The molecule has 0 aliphatic carbocycles. The third-order valence-electron chi connectivity index (χ3n) is 4.48. The highest BCUT2D eigenvalue weighted by Crippen LogP contribution is 2.24. The summed E-state index contributed by atoms with van der Waals surface area (Å²) >= 11 is 0. The van der Waals surface area contributed by atoms with E-state index in [4.69, 9.17) is 0 Å². The molecular weight excluding hydrogens is 330 g/mol. The first-order chi connectivity index (χ1) is 11.4. The highest BCUT2D eigenvalue weighted by molar-refractivity contribution is 7.89. The van der Waals surface area contributed by atoms with E-state index in [0.29, 0.717) is 44.6 Å². The van der Waals surface area contributed by atoms with Crippen LogP contribution in [0.15, 0.2) is 18.2 Å². The standard InChI is InChI=1S/C16H21N3O4S/c1-2-24(22,23)19-7-3-6-18(8-9-19)16(21)12-4-5-14-13(10-12)11-15(20)17-14/h4-5,10H,2-3,6-9,11H2,1H3,(H,17,20). The minimum Gasteiger partial charge on any atom is -0.337 e. The second-order valence-corrected chi connectivity index (χ2v) is 8.30. The molecular formula is C16H21N3O4S. The van der Waals surface area contributed by atoms with Crippen molar-refractivity contribution in [2.75, 3.05) is 37.2 Å². The number of benzene rings is 1. The van der Waals surface area contributed by atoms with Gasteiger partial charge in [-0.2, -0.15) is 0 Å². The summed E-state index contributed by atoms with van der Waals surface area (Å²) in [5.41, 5.74) is 2.13. The van der Waals surface area contributed by atoms with Crippen molar-refractivity contribution in [1.82, 2.24) is 9.21 Å². The lowest BCUT2D eigenvalue weighted by Crippen LogP contribution is -2.37. The molecule has 2 aliphatic heterocycles. The maximum atomic E-state index is 12.7. The fourth-order valence-corrected chi connectivity index (χ4v) is 4.23. The predicted molar refractivity (Wildman–Crippen MR) is 90.3 cm³/mol. The van der Waals surface area contributed by atoms with Crippen LogP contribution in [-0.4, -0.2) is 61.4 Å². The van der Waals surface area contributed by atoms with Crippen LogP contribution in [0, 0.1) is 0 Å². The molecule has 3 rings (SSSR count). The summed E-state index contributed by atoms with van der Waals surface area (Å²) in [6.45, 7) is 3.31. The van der Waals surface area contributed by atoms with Crippen LogP contribution >= 0.6 is 0 Å². The van der Waals surface area contributed by atoms with Crippen molar-refractivity contribution in [3.63, 3.8) is 0 Å². The molecule has 0 saturated carbocycles. The molecule has 7 nitrogen and oxygen atoms in total. The Kier molecular flexibility index (Phi) is 4.60. The third kappa shape index (κ3) is 3.29. The Morgan fingerprint density at radius 1 is 1.21 bits per heavy atom. The molecule has 0 atom stereocenters. The second kappa shape index (κ2) is 6.52. The number of sulfonamides is 1. The van der Waals surface area contributed by atoms with Gasteiger partial charge in [0.15, 0.2) is 0 Å². The highest BCUT2D eigenvalue weighted by atomic mass is 32.2. The lowest BCUT2D eigenvalue weighted by atomic mass is 10.1. The largest absolute Gasteiger partial charge is 0.337 e. The lowest BCUT2D eigenvalue weighted by Gasteiger charge is -2.22. The lowest BCUT2D eigenvalue weighted by molar-refractivity contribution is -0.115. The zero-order valence-corrected chi connectivity index (χ0v) is 14.4. The quantitative estimate of drug-likeness (QED) is 0.867. The molecule has 0 unspecified atom stereocenters. The van der Waals surface area contributed by atoms with Gasteiger partial charge in [0.1, 0.15) is 0 Å². The van der Waals surface area contributed by atoms with E-state index in [9.17, 15) is 18.0 Å². The van der Waals surface area contributed by atoms with Crippen molar-refractivity contribution < 1.29 is 18.0 Å². The molecule has 1 fully saturated rings. The highest BCUT2D eigenvalue weighted by Gasteiger charge is 2.27. The second-order valence-electron chi connectivity index (χ2n) is 6.04. The van der Waals surface area contributed by atoms with Gasteiger partial charge in [0.05, 0.1) is 12.2 Å². The predicted octanol–water partition coefficient (Wildman–Crippen LogP) is 0.679. The van der Waals surface area contributed by atoms with Crippen LogP contribution in [-0.2, 0) is 21.2 Å². The van der Waals surface area contributed by atoms with Crippen LogP contribution in [0.1, 0.15) is 29.3 Å². The molecule has 2 amide bonds. The van der Waals surface area contributed by atoms with Crippen molar-refractivity contribution in [3.8, 4) is 0 Å². The topological polar surface area (TPSA) is 86.8 Å². The fraction of sp³-hybridized carbons (Fsp3) is 0.500. The molecule has 2 aliphatic rings. The average molecular weight is 351 g/mol. The number of amides is 2. The third-order valence-corrected chi connectivity index (χ3v) is 6.36. The van der Waals surface area contributed by atoms with Crippen molar-refractivity contribution in [2.45, 2.75) is 19.8 Å². The number of hydrogen-bond donors (Lipinski definition) is 1. The number of rotatable bonds is 3. The van der Waals surface area contributed by atoms with Crippen LogP contribution in [0.2, 0.25) is 0 Å². The molecule has 24 heavy (non-hydrogen) atoms. The Bertz CT molecular complexity index is 776. The first kappa shape index (κ1) is 16.9. The number of hydrogen-bond acceptors (Lipinski definition) is 4. The van der Waals surface area contributed by atoms with Gasteiger partial charge in [0.2, 0.25) is 15.9 Å². The SMILES string of the molecule is CCS(=O)(=O)N1CCCN(C(=O)c2ccc3c(c2)CC(=O)N3)CC1. The van der Waals surface area contributed by atoms with E-state index < -0.39 is 10.0 Å². The molecule has 1 N–H and O–H groups in total. The van der Waals surface area contributed by atoms with Gasteiger partial charge >= 0.3 is 0 Å². The zero-order chi connectivity index (χ0) is 17.3. The van der Waals surface area contributed by atoms with E-state index in [1.165, 1.54) is 4.31 Å². The molecule has 2 heterocycles. The zero-order valence-electron chi connectivity index (χ0n) is 13.6. The minimum atomic E-state index is -3.22. The van der Waals surface area contributed by atoms with E-state index in [1.807, 2.05) is 0 Å². The molecule has 1 saturated heterocycles. The van der Waals surface area contributed by atoms with Crippen molar-refractivity contribution in [3.05, 3.63) is 29.3 Å². The van der Waals surface area contributed by atoms with Gasteiger partial charge < -0.3 is 10.2 Å². The fourth-order valence-electron chi connectivity index (χ4n) is 3.10. The minimum absolute atomic E-state index is 0.0650. The number of fused-ring (bicyclic) bond motifs is 1. The first-order valence-corrected chi connectivity index (χ1v) is 9.71. The van der Waals surface area contributed by atoms with Gasteiger partial charge in [0.25, 0.3) is 5.91 Å². The molecule has 130 valence electrons. The van der Waals surface area contributed by atoms with Crippen LogP contribution in [0.25, 0.3) is 0 Å². The average Bonchev–Trinajstić information content (AvgIpc) is 2.77. The Hall–Kier alpha value is -1.93.